The average molecular weight is 677 g/mol. The summed E-state index contributed by atoms with van der Waals surface area (Å²) in [5, 5.41) is 46.6. The summed E-state index contributed by atoms with van der Waals surface area (Å²) in [7, 11) is -4.42. The van der Waals surface area contributed by atoms with Crippen molar-refractivity contribution in [1.82, 2.24) is 29.2 Å². The predicted octanol–water partition coefficient (Wildman–Crippen LogP) is 0.184. The molecule has 0 bridgehead atoms. The van der Waals surface area contributed by atoms with Crippen LogP contribution in [0.1, 0.15) is 25.2 Å². The minimum atomic E-state index is -4.42. The first-order valence-electron chi connectivity index (χ1n) is 13.8. The summed E-state index contributed by atoms with van der Waals surface area (Å²) in [4.78, 5) is 17.2. The number of nitriles is 2. The van der Waals surface area contributed by atoms with E-state index in [-0.39, 0.29) is 29.6 Å². The van der Waals surface area contributed by atoms with Crippen molar-refractivity contribution in [2.75, 3.05) is 24.7 Å². The SMILES string of the molecule is C[C@@]1(F)[C@@H]2OP(=O)(O)OC[C@H]2O[C@@]1(C#N)c1ccc2c(N)ncnn12.C[C@@]1(F)[C@H](O)[C@@H](CO)O[C@@]1(C#N)c1ccc2c(N)ncnn12. The van der Waals surface area contributed by atoms with Crippen molar-refractivity contribution in [2.45, 2.75) is 60.8 Å². The fourth-order valence-corrected chi connectivity index (χ4v) is 7.15. The summed E-state index contributed by atoms with van der Waals surface area (Å²) in [6.45, 7) is 1.13. The molecule has 47 heavy (non-hydrogen) atoms. The Kier molecular flexibility index (Phi) is 7.51. The van der Waals surface area contributed by atoms with E-state index in [1.165, 1.54) is 39.6 Å². The maximum atomic E-state index is 15.8. The highest BCUT2D eigenvalue weighted by atomic mass is 31.2. The van der Waals surface area contributed by atoms with Crippen molar-refractivity contribution in [1.29, 1.82) is 10.5 Å². The number of anilines is 2. The Morgan fingerprint density at radius 1 is 0.979 bits per heavy atom. The molecule has 9 atom stereocenters. The number of aliphatic hydroxyl groups excluding tert-OH is 2. The standard InChI is InChI=1S/C13H13FN5O5P.C13H14FN5O3/c1-12(14)10-8(4-22-25(20,21)24-10)23-13(12,5-15)9-3-2-7-11(16)17-6-18-19(7)9;1-12(14)10(21)8(4-20)22-13(12,5-15)9-3-2-7-11(16)17-6-18-19(7)9/h2-3,6,8,10H,4H2,1H3,(H,20,21)(H2,16,17,18);2-3,6,8,10,20-21H,4H2,1H3,(H2,16,17,18)/t2*8-,10-,12-,13+/m11/s1. The third-order valence-corrected chi connectivity index (χ3v) is 9.61. The molecule has 0 aromatic carbocycles. The lowest BCUT2D eigenvalue weighted by Gasteiger charge is -2.33. The first-order chi connectivity index (χ1) is 22.1. The van der Waals surface area contributed by atoms with Crippen LogP contribution in [0, 0.1) is 22.7 Å². The van der Waals surface area contributed by atoms with Crippen molar-refractivity contribution in [2.24, 2.45) is 0 Å². The van der Waals surface area contributed by atoms with E-state index in [9.17, 15) is 30.2 Å². The number of halogens is 2. The molecule has 0 aliphatic carbocycles. The average Bonchev–Trinajstić information content (AvgIpc) is 3.76. The molecule has 3 aliphatic rings. The summed E-state index contributed by atoms with van der Waals surface area (Å²) in [5.74, 6) is 0.303. The van der Waals surface area contributed by atoms with Gasteiger partial charge in [-0.25, -0.2) is 32.3 Å². The first-order valence-corrected chi connectivity index (χ1v) is 15.3. The lowest BCUT2D eigenvalue weighted by molar-refractivity contribution is -0.0761. The van der Waals surface area contributed by atoms with Gasteiger partial charge in [-0.1, -0.05) is 0 Å². The van der Waals surface area contributed by atoms with E-state index in [0.717, 1.165) is 20.2 Å². The van der Waals surface area contributed by atoms with Crippen LogP contribution >= 0.6 is 7.82 Å². The highest BCUT2D eigenvalue weighted by Gasteiger charge is 2.71. The zero-order valence-corrected chi connectivity index (χ0v) is 25.4. The molecule has 4 aromatic rings. The second-order valence-electron chi connectivity index (χ2n) is 11.3. The molecule has 0 amide bonds. The smallest absolute Gasteiger partial charge is 0.394 e. The Hall–Kier alpha value is -4.37. The fraction of sp³-hybridized carbons (Fsp3) is 0.462. The Bertz CT molecular complexity index is 2010. The van der Waals surface area contributed by atoms with Crippen LogP contribution in [0.3, 0.4) is 0 Å². The van der Waals surface area contributed by atoms with Crippen molar-refractivity contribution < 1.29 is 47.0 Å². The number of phosphoric ester groups is 1. The molecule has 3 saturated heterocycles. The van der Waals surface area contributed by atoms with Crippen LogP contribution in [0.15, 0.2) is 36.9 Å². The van der Waals surface area contributed by atoms with Gasteiger partial charge in [0.2, 0.25) is 11.2 Å². The number of rotatable bonds is 3. The summed E-state index contributed by atoms with van der Waals surface area (Å²) in [5.41, 5.74) is 3.17. The van der Waals surface area contributed by atoms with Gasteiger partial charge < -0.3 is 36.0 Å². The second kappa shape index (κ2) is 10.8. The molecule has 7 heterocycles. The number of hydrogen-bond donors (Lipinski definition) is 5. The number of phosphoric acid groups is 1. The molecule has 18 nitrogen and oxygen atoms in total. The van der Waals surface area contributed by atoms with Gasteiger partial charge in [-0.05, 0) is 38.1 Å². The minimum absolute atomic E-state index is 0.0647. The van der Waals surface area contributed by atoms with E-state index in [0.29, 0.717) is 11.0 Å². The van der Waals surface area contributed by atoms with Crippen LogP contribution in [0.4, 0.5) is 20.4 Å². The zero-order valence-electron chi connectivity index (χ0n) is 24.5. The maximum absolute atomic E-state index is 15.8. The van der Waals surface area contributed by atoms with Gasteiger partial charge in [-0.3, -0.25) is 9.05 Å². The number of ether oxygens (including phenoxy) is 2. The molecule has 4 aromatic heterocycles. The fourth-order valence-electron chi connectivity index (χ4n) is 6.13. The molecule has 21 heteroatoms. The second-order valence-corrected chi connectivity index (χ2v) is 12.7. The minimum Gasteiger partial charge on any atom is -0.394 e. The molecule has 7 rings (SSSR count). The van der Waals surface area contributed by atoms with Crippen LogP contribution < -0.4 is 11.5 Å². The highest BCUT2D eigenvalue weighted by Crippen LogP contribution is 2.59. The summed E-state index contributed by atoms with van der Waals surface area (Å²) >= 11 is 0. The molecule has 0 spiro atoms. The van der Waals surface area contributed by atoms with Gasteiger partial charge in [0.25, 0.3) is 0 Å². The summed E-state index contributed by atoms with van der Waals surface area (Å²) < 4.78 is 65.7. The van der Waals surface area contributed by atoms with Crippen LogP contribution in [0.5, 0.6) is 0 Å². The molecular formula is C26H27F2N10O8P. The van der Waals surface area contributed by atoms with Gasteiger partial charge >= 0.3 is 7.82 Å². The van der Waals surface area contributed by atoms with E-state index in [1.54, 1.807) is 6.07 Å². The molecular weight excluding hydrogens is 649 g/mol. The molecule has 248 valence electrons. The Balaban J connectivity index is 0.000000166. The Labute approximate surface area is 263 Å². The number of nitrogens with zero attached hydrogens (tertiary/aromatic N) is 8. The maximum Gasteiger partial charge on any atom is 0.472 e. The highest BCUT2D eigenvalue weighted by molar-refractivity contribution is 7.47. The van der Waals surface area contributed by atoms with Crippen LogP contribution in [-0.2, 0) is 34.3 Å². The third kappa shape index (κ3) is 4.49. The van der Waals surface area contributed by atoms with Gasteiger partial charge in [0.1, 0.15) is 60.2 Å². The quantitative estimate of drug-likeness (QED) is 0.181. The van der Waals surface area contributed by atoms with Gasteiger partial charge in [-0.2, -0.15) is 20.7 Å². The number of alkyl halides is 2. The Morgan fingerprint density at radius 3 is 1.96 bits per heavy atom. The molecule has 0 saturated carbocycles. The molecule has 3 aliphatic heterocycles. The zero-order chi connectivity index (χ0) is 34.2. The molecule has 7 N–H and O–H groups in total. The van der Waals surface area contributed by atoms with Crippen molar-refractivity contribution in [3.8, 4) is 12.1 Å². The number of nitrogens with two attached hydrogens (primary N) is 2. The van der Waals surface area contributed by atoms with Crippen LogP contribution in [0.25, 0.3) is 11.0 Å². The number of aliphatic hydroxyl groups is 2. The van der Waals surface area contributed by atoms with Gasteiger partial charge in [-0.15, -0.1) is 0 Å². The van der Waals surface area contributed by atoms with Crippen molar-refractivity contribution in [3.05, 3.63) is 48.3 Å². The largest absolute Gasteiger partial charge is 0.472 e. The van der Waals surface area contributed by atoms with E-state index < -0.39 is 61.4 Å². The van der Waals surface area contributed by atoms with Crippen LogP contribution in [-0.4, -0.2) is 93.3 Å². The number of hydrogen-bond acceptors (Lipinski definition) is 15. The van der Waals surface area contributed by atoms with Gasteiger partial charge in [0.05, 0.1) is 24.6 Å². The lowest BCUT2D eigenvalue weighted by Crippen LogP contribution is -2.50. The van der Waals surface area contributed by atoms with E-state index in [4.69, 9.17) is 25.5 Å². The number of aromatic nitrogens is 6. The van der Waals surface area contributed by atoms with Gasteiger partial charge in [0.15, 0.2) is 23.0 Å². The molecule has 0 radical (unpaired) electrons. The van der Waals surface area contributed by atoms with Crippen molar-refractivity contribution in [3.63, 3.8) is 0 Å². The predicted molar refractivity (Wildman–Crippen MR) is 152 cm³/mol. The topological polar surface area (TPSA) is 275 Å². The lowest BCUT2D eigenvalue weighted by atomic mass is 9.82. The van der Waals surface area contributed by atoms with Crippen LogP contribution in [0.2, 0.25) is 0 Å². The molecule has 1 unspecified atom stereocenters. The summed E-state index contributed by atoms with van der Waals surface area (Å²) in [6, 6.07) is 9.56. The Morgan fingerprint density at radius 2 is 1.49 bits per heavy atom. The summed E-state index contributed by atoms with van der Waals surface area (Å²) in [6.07, 6.45) is -3.08. The van der Waals surface area contributed by atoms with Gasteiger partial charge in [0, 0.05) is 0 Å². The van der Waals surface area contributed by atoms with Crippen molar-refractivity contribution >= 4 is 30.5 Å². The number of nitrogen functional groups attached to an aromatic ring is 2. The van der Waals surface area contributed by atoms with E-state index >= 15 is 8.78 Å². The normalized spacial score (nSPS) is 38.0. The van der Waals surface area contributed by atoms with E-state index in [2.05, 4.69) is 24.7 Å². The molecule has 3 fully saturated rings. The first kappa shape index (κ1) is 32.6. The third-order valence-electron chi connectivity index (χ3n) is 8.64. The monoisotopic (exact) mass is 676 g/mol. The van der Waals surface area contributed by atoms with E-state index in [1.807, 2.05) is 6.07 Å². The number of fused-ring (bicyclic) bond motifs is 3.